The van der Waals surface area contributed by atoms with Crippen LogP contribution in [-0.4, -0.2) is 19.9 Å². The summed E-state index contributed by atoms with van der Waals surface area (Å²) in [6.07, 6.45) is 0. The number of fused-ring (bicyclic) bond motifs is 10. The maximum absolute atomic E-state index is 5.31. The van der Waals surface area contributed by atoms with Gasteiger partial charge in [-0.15, -0.1) is 0 Å². The molecule has 0 radical (unpaired) electrons. The van der Waals surface area contributed by atoms with E-state index in [-0.39, 0.29) is 10.8 Å². The average molecular weight is 1530 g/mol. The second-order valence-electron chi connectivity index (χ2n) is 33.7. The van der Waals surface area contributed by atoms with Gasteiger partial charge in [0.15, 0.2) is 0 Å². The zero-order valence-electron chi connectivity index (χ0n) is 67.9. The zero-order valence-corrected chi connectivity index (χ0v) is 67.9. The Kier molecular flexibility index (Phi) is 18.0. The van der Waals surface area contributed by atoms with E-state index >= 15 is 0 Å². The number of benzene rings is 20. The van der Waals surface area contributed by atoms with Crippen molar-refractivity contribution in [3.63, 3.8) is 0 Å². The summed E-state index contributed by atoms with van der Waals surface area (Å²) in [5.74, 6) is 0. The maximum Gasteiger partial charge on any atom is 0.0973 e. The van der Waals surface area contributed by atoms with E-state index in [1.165, 1.54) is 153 Å². The van der Waals surface area contributed by atoms with Crippen molar-refractivity contribution in [2.24, 2.45) is 0 Å². The van der Waals surface area contributed by atoms with Gasteiger partial charge in [0, 0.05) is 22.3 Å². The summed E-state index contributed by atoms with van der Waals surface area (Å²) < 4.78 is 0. The van der Waals surface area contributed by atoms with E-state index in [1.807, 2.05) is 24.3 Å². The van der Waals surface area contributed by atoms with Gasteiger partial charge in [-0.25, -0.2) is 19.9 Å². The van der Waals surface area contributed by atoms with Crippen molar-refractivity contribution in [3.8, 4) is 112 Å². The van der Waals surface area contributed by atoms with Crippen LogP contribution in [0, 0.1) is 0 Å². The second kappa shape index (κ2) is 29.7. The first-order chi connectivity index (χ1) is 58.8. The molecule has 2 aromatic heterocycles. The van der Waals surface area contributed by atoms with Gasteiger partial charge in [0.25, 0.3) is 0 Å². The van der Waals surface area contributed by atoms with E-state index in [0.29, 0.717) is 0 Å². The first-order valence-electron chi connectivity index (χ1n) is 41.7. The molecule has 0 saturated heterocycles. The van der Waals surface area contributed by atoms with E-state index in [4.69, 9.17) is 19.9 Å². The molecule has 0 atom stereocenters. The normalized spacial score (nSPS) is 11.9. The van der Waals surface area contributed by atoms with Gasteiger partial charge in [0.1, 0.15) is 0 Å². The van der Waals surface area contributed by atoms with Crippen LogP contribution >= 0.6 is 0 Å². The summed E-state index contributed by atoms with van der Waals surface area (Å²) in [5, 5.41) is 20.3. The highest BCUT2D eigenvalue weighted by molar-refractivity contribution is 6.24. The molecule has 568 valence electrons. The van der Waals surface area contributed by atoms with Crippen molar-refractivity contribution in [2.75, 3.05) is 0 Å². The molecule has 0 aliphatic rings. The summed E-state index contributed by atoms with van der Waals surface area (Å²) in [5.41, 5.74) is 28.6. The van der Waals surface area contributed by atoms with Crippen LogP contribution in [0.2, 0.25) is 0 Å². The quantitative estimate of drug-likeness (QED) is 0.128. The maximum atomic E-state index is 5.31. The molecule has 2 heterocycles. The summed E-state index contributed by atoms with van der Waals surface area (Å²) in [6, 6.07) is 145. The molecule has 22 rings (SSSR count). The SMILES string of the molecule is CC(C)(C)c1c2ccccc2c(-c2ccc(-c3nc4ccccc4nc3-c3ccc(-c4c5ccccc5c(C(C)(C)C)c5ccccc45)cc3)cc2)c2ccccc12.c1ccc(-c2c3ccccc3c(-c3ccc(-c4nc5ccccc5nc4-c4ccc(-c5c6ccccc6c(-c6ccccc6)c6ccccc56)cc4)cc3)c3ccccc23)cc1. The number of rotatable bonds is 10. The first kappa shape index (κ1) is 72.8. The predicted molar refractivity (Wildman–Crippen MR) is 511 cm³/mol. The Labute approximate surface area is 699 Å². The standard InChI is InChI=1S/C60H38N2.C56H46N2/c1-3-17-39(18-4-1)55-45-21-7-11-25-49(45)57(50-26-12-8-22-46(50)55)41-31-35-43(36-32-41)59-60(62-54-30-16-15-29-53(54)61-59)44-37-33-42(34-38-44)58-51-27-13-9-23-47(51)56(40-19-5-2-6-20-40)48-24-10-14-28-52(48)58;1-55(2,3)51-43-21-11-7-17-39(43)49(40-18-8-12-22-44(40)51)35-27-31-37(32-28-35)53-54(58-48-26-16-15-25-47(48)57-53)38-33-29-36(30-34-38)50-41-19-9-13-23-45(41)52(56(4,5)6)46-24-14-10-20-42(46)50/h1-38H;7-34H,1-6H3. The molecule has 0 bridgehead atoms. The lowest BCUT2D eigenvalue weighted by atomic mass is 9.78. The first-order valence-corrected chi connectivity index (χ1v) is 41.7. The van der Waals surface area contributed by atoms with Gasteiger partial charge in [-0.2, -0.15) is 0 Å². The summed E-state index contributed by atoms with van der Waals surface area (Å²) in [6.45, 7) is 13.9. The molecule has 4 heteroatoms. The molecule has 0 N–H and O–H groups in total. The fourth-order valence-corrected chi connectivity index (χ4v) is 19.2. The van der Waals surface area contributed by atoms with Crippen molar-refractivity contribution >= 4 is 108 Å². The lowest BCUT2D eigenvalue weighted by molar-refractivity contribution is 0.601. The van der Waals surface area contributed by atoms with Crippen LogP contribution in [0.3, 0.4) is 0 Å². The van der Waals surface area contributed by atoms with Crippen molar-refractivity contribution < 1.29 is 0 Å². The van der Waals surface area contributed by atoms with Gasteiger partial charge in [-0.3, -0.25) is 0 Å². The Morgan fingerprint density at radius 2 is 0.267 bits per heavy atom. The summed E-state index contributed by atoms with van der Waals surface area (Å²) >= 11 is 0. The predicted octanol–water partition coefficient (Wildman–Crippen LogP) is 31.8. The number of hydrogen-bond acceptors (Lipinski definition) is 4. The largest absolute Gasteiger partial charge is 0.244 e. The monoisotopic (exact) mass is 1530 g/mol. The molecule has 0 amide bonds. The van der Waals surface area contributed by atoms with Crippen LogP contribution in [0.15, 0.2) is 400 Å². The third-order valence-corrected chi connectivity index (χ3v) is 24.3. The van der Waals surface area contributed by atoms with Gasteiger partial charge < -0.3 is 0 Å². The number of nitrogens with zero attached hydrogens (tertiary/aromatic N) is 4. The van der Waals surface area contributed by atoms with Crippen molar-refractivity contribution in [1.82, 2.24) is 19.9 Å². The lowest BCUT2D eigenvalue weighted by Gasteiger charge is -2.26. The van der Waals surface area contributed by atoms with Crippen LogP contribution in [0.1, 0.15) is 52.7 Å². The summed E-state index contributed by atoms with van der Waals surface area (Å²) in [4.78, 5) is 21.2. The molecule has 120 heavy (non-hydrogen) atoms. The van der Waals surface area contributed by atoms with Crippen molar-refractivity contribution in [2.45, 2.75) is 52.4 Å². The number of aromatic nitrogens is 4. The van der Waals surface area contributed by atoms with Gasteiger partial charge in [0.05, 0.1) is 44.8 Å². The molecule has 0 fully saturated rings. The molecule has 20 aromatic carbocycles. The highest BCUT2D eigenvalue weighted by atomic mass is 14.8. The Morgan fingerprint density at radius 1 is 0.133 bits per heavy atom. The fraction of sp³-hybridized carbons (Fsp3) is 0.0690. The second-order valence-corrected chi connectivity index (χ2v) is 33.7. The zero-order chi connectivity index (χ0) is 80.7. The molecule has 4 nitrogen and oxygen atoms in total. The van der Waals surface area contributed by atoms with Gasteiger partial charge >= 0.3 is 0 Å². The van der Waals surface area contributed by atoms with Crippen molar-refractivity contribution in [3.05, 3.63) is 412 Å². The van der Waals surface area contributed by atoms with E-state index in [9.17, 15) is 0 Å². The van der Waals surface area contributed by atoms with E-state index < -0.39 is 0 Å². The lowest BCUT2D eigenvalue weighted by Crippen LogP contribution is -2.13. The Bertz CT molecular complexity index is 7100. The Morgan fingerprint density at radius 3 is 0.442 bits per heavy atom. The molecule has 0 unspecified atom stereocenters. The molecule has 0 aliphatic carbocycles. The smallest absolute Gasteiger partial charge is 0.0973 e. The molecular formula is C116H84N4. The highest BCUT2D eigenvalue weighted by Crippen LogP contribution is 2.50. The number of para-hydroxylation sites is 4. The van der Waals surface area contributed by atoms with E-state index in [2.05, 4.69) is 418 Å². The third kappa shape index (κ3) is 12.7. The van der Waals surface area contributed by atoms with Gasteiger partial charge in [-0.05, 0) is 199 Å². The fourth-order valence-electron chi connectivity index (χ4n) is 19.2. The van der Waals surface area contributed by atoms with Crippen LogP contribution in [0.5, 0.6) is 0 Å². The van der Waals surface area contributed by atoms with Gasteiger partial charge in [-0.1, -0.05) is 418 Å². The Hall–Kier alpha value is -14.8. The van der Waals surface area contributed by atoms with Crippen LogP contribution in [0.25, 0.3) is 220 Å². The molecule has 0 saturated carbocycles. The Balaban J connectivity index is 0.000000149. The highest BCUT2D eigenvalue weighted by Gasteiger charge is 2.28. The minimum Gasteiger partial charge on any atom is -0.244 e. The van der Waals surface area contributed by atoms with Crippen molar-refractivity contribution in [1.29, 1.82) is 0 Å². The van der Waals surface area contributed by atoms with E-state index in [1.54, 1.807) is 0 Å². The van der Waals surface area contributed by atoms with Crippen LogP contribution in [0.4, 0.5) is 0 Å². The van der Waals surface area contributed by atoms with Crippen LogP contribution in [-0.2, 0) is 10.8 Å². The number of hydrogen-bond donors (Lipinski definition) is 0. The molecule has 0 spiro atoms. The molecule has 22 aromatic rings. The van der Waals surface area contributed by atoms with E-state index in [0.717, 1.165) is 78.2 Å². The average Bonchev–Trinajstić information content (AvgIpc) is 0.727. The van der Waals surface area contributed by atoms with Crippen LogP contribution < -0.4 is 0 Å². The van der Waals surface area contributed by atoms with Gasteiger partial charge in [0.2, 0.25) is 0 Å². The minimum absolute atomic E-state index is 0.0105. The third-order valence-electron chi connectivity index (χ3n) is 24.3. The minimum atomic E-state index is -0.0105. The summed E-state index contributed by atoms with van der Waals surface area (Å²) in [7, 11) is 0. The molecule has 0 aliphatic heterocycles. The molecular weight excluding hydrogens is 1450 g/mol. The topological polar surface area (TPSA) is 51.6 Å².